The number of carbonyl (C=O) groups is 2. The summed E-state index contributed by atoms with van der Waals surface area (Å²) in [5.74, 6) is -1.04. The molecule has 1 N–H and O–H groups in total. The highest BCUT2D eigenvalue weighted by Gasteiger charge is 2.63. The number of esters is 1. The summed E-state index contributed by atoms with van der Waals surface area (Å²) >= 11 is 0. The first-order chi connectivity index (χ1) is 6.66. The van der Waals surface area contributed by atoms with Crippen molar-refractivity contribution in [3.8, 4) is 0 Å². The number of carboxylic acid groups (broad SMARTS) is 1. The molecule has 0 aromatic heterocycles. The highest BCUT2D eigenvalue weighted by atomic mass is 16.5. The van der Waals surface area contributed by atoms with E-state index >= 15 is 0 Å². The Hall–Kier alpha value is -1.06. The van der Waals surface area contributed by atoms with Crippen molar-refractivity contribution in [3.63, 3.8) is 0 Å². The monoisotopic (exact) mass is 198 g/mol. The smallest absolute Gasteiger partial charge is 0.309 e. The van der Waals surface area contributed by atoms with Crippen LogP contribution in [0.2, 0.25) is 0 Å². The summed E-state index contributed by atoms with van der Waals surface area (Å²) in [4.78, 5) is 22.2. The molecule has 4 atom stereocenters. The molecule has 0 amide bonds. The fourth-order valence-electron chi connectivity index (χ4n) is 2.74. The lowest BCUT2D eigenvalue weighted by atomic mass is 10.0. The number of hydrogen-bond donors (Lipinski definition) is 1. The van der Waals surface area contributed by atoms with Crippen LogP contribution in [-0.2, 0) is 14.3 Å². The van der Waals surface area contributed by atoms with E-state index < -0.39 is 5.97 Å². The Kier molecular flexibility index (Phi) is 2.21. The average Bonchev–Trinajstić information content (AvgIpc) is 2.66. The lowest BCUT2D eigenvalue weighted by Gasteiger charge is -2.08. The lowest BCUT2D eigenvalue weighted by molar-refractivity contribution is -0.147. The van der Waals surface area contributed by atoms with Crippen molar-refractivity contribution >= 4 is 11.9 Å². The van der Waals surface area contributed by atoms with Crippen LogP contribution in [0, 0.1) is 23.7 Å². The van der Waals surface area contributed by atoms with Gasteiger partial charge in [0, 0.05) is 0 Å². The quantitative estimate of drug-likeness (QED) is 0.684. The Labute approximate surface area is 82.2 Å². The molecule has 78 valence electrons. The number of ether oxygens (including phenoxy) is 1. The summed E-state index contributed by atoms with van der Waals surface area (Å²) in [5.41, 5.74) is 0. The van der Waals surface area contributed by atoms with Crippen LogP contribution in [0.15, 0.2) is 0 Å². The molecule has 2 fully saturated rings. The van der Waals surface area contributed by atoms with E-state index in [0.717, 1.165) is 12.8 Å². The van der Waals surface area contributed by atoms with Gasteiger partial charge < -0.3 is 9.84 Å². The minimum Gasteiger partial charge on any atom is -0.481 e. The summed E-state index contributed by atoms with van der Waals surface area (Å²) in [7, 11) is 0. The second-order valence-electron chi connectivity index (χ2n) is 4.04. The molecule has 2 aliphatic rings. The summed E-state index contributed by atoms with van der Waals surface area (Å²) in [6, 6.07) is 0. The molecule has 0 aromatic carbocycles. The van der Waals surface area contributed by atoms with Crippen molar-refractivity contribution in [1.82, 2.24) is 0 Å². The van der Waals surface area contributed by atoms with Gasteiger partial charge in [0.15, 0.2) is 0 Å². The van der Waals surface area contributed by atoms with Gasteiger partial charge in [-0.2, -0.15) is 0 Å². The number of rotatable bonds is 3. The van der Waals surface area contributed by atoms with E-state index in [4.69, 9.17) is 9.84 Å². The van der Waals surface area contributed by atoms with Crippen LogP contribution >= 0.6 is 0 Å². The van der Waals surface area contributed by atoms with Crippen molar-refractivity contribution in [3.05, 3.63) is 0 Å². The zero-order chi connectivity index (χ0) is 10.3. The van der Waals surface area contributed by atoms with Gasteiger partial charge in [-0.15, -0.1) is 0 Å². The standard InChI is InChI=1S/C10H14O4/c1-2-14-10(13)8-5-3-4-6(7(5)8)9(11)12/h5-8H,2-4H2,1H3,(H,11,12)/t5-,6+,7+,8-/m1/s1. The largest absolute Gasteiger partial charge is 0.481 e. The normalized spacial score (nSPS) is 38.9. The van der Waals surface area contributed by atoms with Gasteiger partial charge in [0.05, 0.1) is 18.4 Å². The summed E-state index contributed by atoms with van der Waals surface area (Å²) < 4.78 is 4.90. The Morgan fingerprint density at radius 2 is 2.14 bits per heavy atom. The van der Waals surface area contributed by atoms with Gasteiger partial charge in [0.2, 0.25) is 0 Å². The van der Waals surface area contributed by atoms with E-state index in [0.29, 0.717) is 6.61 Å². The molecule has 0 radical (unpaired) electrons. The fraction of sp³-hybridized carbons (Fsp3) is 0.800. The highest BCUT2D eigenvalue weighted by molar-refractivity contribution is 5.80. The third-order valence-electron chi connectivity index (χ3n) is 3.38. The maximum absolute atomic E-state index is 11.4. The Balaban J connectivity index is 1.96. The van der Waals surface area contributed by atoms with Gasteiger partial charge in [0.1, 0.15) is 0 Å². The first-order valence-corrected chi connectivity index (χ1v) is 5.06. The lowest BCUT2D eigenvalue weighted by Crippen LogP contribution is -2.18. The van der Waals surface area contributed by atoms with Crippen molar-refractivity contribution in [2.45, 2.75) is 19.8 Å². The van der Waals surface area contributed by atoms with Gasteiger partial charge in [0.25, 0.3) is 0 Å². The van der Waals surface area contributed by atoms with Crippen LogP contribution in [0.1, 0.15) is 19.8 Å². The minimum atomic E-state index is -0.760. The molecule has 2 aliphatic carbocycles. The first-order valence-electron chi connectivity index (χ1n) is 5.06. The third-order valence-corrected chi connectivity index (χ3v) is 3.38. The molecule has 2 rings (SSSR count). The van der Waals surface area contributed by atoms with Gasteiger partial charge >= 0.3 is 11.9 Å². The molecule has 14 heavy (non-hydrogen) atoms. The Bertz CT molecular complexity index is 273. The van der Waals surface area contributed by atoms with Crippen molar-refractivity contribution in [1.29, 1.82) is 0 Å². The second-order valence-corrected chi connectivity index (χ2v) is 4.04. The van der Waals surface area contributed by atoms with Crippen molar-refractivity contribution in [2.24, 2.45) is 23.7 Å². The number of carbonyl (C=O) groups excluding carboxylic acids is 1. The zero-order valence-electron chi connectivity index (χ0n) is 8.10. The first kappa shape index (κ1) is 9.49. The van der Waals surface area contributed by atoms with Gasteiger partial charge in [-0.25, -0.2) is 0 Å². The topological polar surface area (TPSA) is 63.6 Å². The SMILES string of the molecule is CCOC(=O)[C@@H]1[C@@H]2CC[C@H](C(=O)O)[C@H]21. The highest BCUT2D eigenvalue weighted by Crippen LogP contribution is 2.60. The van der Waals surface area contributed by atoms with E-state index in [9.17, 15) is 9.59 Å². The summed E-state index contributed by atoms with van der Waals surface area (Å²) in [6.45, 7) is 2.15. The molecular weight excluding hydrogens is 184 g/mol. The van der Waals surface area contributed by atoms with Crippen LogP contribution in [0.3, 0.4) is 0 Å². The van der Waals surface area contributed by atoms with E-state index in [1.807, 2.05) is 0 Å². The van der Waals surface area contributed by atoms with Crippen molar-refractivity contribution < 1.29 is 19.4 Å². The second kappa shape index (κ2) is 3.26. The van der Waals surface area contributed by atoms with E-state index in [1.54, 1.807) is 6.92 Å². The maximum Gasteiger partial charge on any atom is 0.309 e. The number of carboxylic acids is 1. The molecule has 0 unspecified atom stereocenters. The molecule has 0 saturated heterocycles. The average molecular weight is 198 g/mol. The number of aliphatic carboxylic acids is 1. The molecule has 0 spiro atoms. The van der Waals surface area contributed by atoms with Crippen LogP contribution < -0.4 is 0 Å². The minimum absolute atomic E-state index is 0.0616. The fourth-order valence-corrected chi connectivity index (χ4v) is 2.74. The van der Waals surface area contributed by atoms with Gasteiger partial charge in [-0.3, -0.25) is 9.59 Å². The molecule has 0 aliphatic heterocycles. The predicted molar refractivity (Wildman–Crippen MR) is 47.5 cm³/mol. The van der Waals surface area contributed by atoms with Crippen LogP contribution in [0.5, 0.6) is 0 Å². The maximum atomic E-state index is 11.4. The molecule has 0 aromatic rings. The zero-order valence-corrected chi connectivity index (χ0v) is 8.10. The summed E-state index contributed by atoms with van der Waals surface area (Å²) in [6.07, 6.45) is 1.59. The van der Waals surface area contributed by atoms with Crippen LogP contribution in [0.4, 0.5) is 0 Å². The van der Waals surface area contributed by atoms with E-state index in [2.05, 4.69) is 0 Å². The molecule has 2 saturated carbocycles. The Morgan fingerprint density at radius 3 is 2.71 bits per heavy atom. The molecule has 4 heteroatoms. The molecule has 4 nitrogen and oxygen atoms in total. The van der Waals surface area contributed by atoms with Crippen molar-refractivity contribution in [2.75, 3.05) is 6.61 Å². The molecule has 0 bridgehead atoms. The van der Waals surface area contributed by atoms with E-state index in [1.165, 1.54) is 0 Å². The third kappa shape index (κ3) is 1.29. The van der Waals surface area contributed by atoms with E-state index in [-0.39, 0.29) is 29.6 Å². The molecule has 0 heterocycles. The number of fused-ring (bicyclic) bond motifs is 1. The van der Waals surface area contributed by atoms with Gasteiger partial charge in [-0.05, 0) is 31.6 Å². The number of hydrogen-bond acceptors (Lipinski definition) is 3. The predicted octanol–water partition coefficient (Wildman–Crippen LogP) is 0.906. The van der Waals surface area contributed by atoms with Crippen LogP contribution in [0.25, 0.3) is 0 Å². The Morgan fingerprint density at radius 1 is 1.43 bits per heavy atom. The van der Waals surface area contributed by atoms with Crippen LogP contribution in [-0.4, -0.2) is 23.7 Å². The van der Waals surface area contributed by atoms with Gasteiger partial charge in [-0.1, -0.05) is 0 Å². The molecular formula is C10H14O4. The summed E-state index contributed by atoms with van der Waals surface area (Å²) in [5, 5.41) is 8.89.